The van der Waals surface area contributed by atoms with Gasteiger partial charge in [-0.1, -0.05) is 49.1 Å². The summed E-state index contributed by atoms with van der Waals surface area (Å²) in [6, 6.07) is 9.45. The molecule has 2 fully saturated rings. The first-order chi connectivity index (χ1) is 10.6. The highest BCUT2D eigenvalue weighted by Crippen LogP contribution is 2.27. The topological polar surface area (TPSA) is 35.5 Å². The minimum atomic E-state index is -0.540. The smallest absolute Gasteiger partial charge is 0.0909 e. The lowest BCUT2D eigenvalue weighted by Crippen LogP contribution is -2.48. The van der Waals surface area contributed by atoms with Crippen LogP contribution in [0.3, 0.4) is 0 Å². The number of β-amino-alcohol motifs (C(OH)–C–C–N with tert-alkyl or cyclic N) is 1. The van der Waals surface area contributed by atoms with E-state index in [4.69, 9.17) is 0 Å². The summed E-state index contributed by atoms with van der Waals surface area (Å²) in [5, 5.41) is 14.1. The van der Waals surface area contributed by atoms with Gasteiger partial charge >= 0.3 is 0 Å². The van der Waals surface area contributed by atoms with E-state index in [-0.39, 0.29) is 0 Å². The average Bonchev–Trinajstić information content (AvgIpc) is 2.94. The first-order valence-corrected chi connectivity index (χ1v) is 8.87. The molecule has 1 heterocycles. The number of aryl methyl sites for hydroxylation is 1. The molecule has 0 spiro atoms. The van der Waals surface area contributed by atoms with Crippen molar-refractivity contribution in [2.45, 2.75) is 63.6 Å². The number of nitrogens with zero attached hydrogens (tertiary/aromatic N) is 1. The van der Waals surface area contributed by atoms with Crippen molar-refractivity contribution >= 4 is 0 Å². The Labute approximate surface area is 134 Å². The standard InChI is InChI=1S/C19H30N2O/c1-16-6-5-7-17(12-16)13-21(18-8-3-2-4-9-18)15-19(22)10-11-20-14-19/h5-7,12,18,20,22H,2-4,8-11,13-15H2,1H3/t19-/m1/s1. The highest BCUT2D eigenvalue weighted by atomic mass is 16.3. The maximum Gasteiger partial charge on any atom is 0.0909 e. The molecule has 0 aromatic heterocycles. The van der Waals surface area contributed by atoms with Crippen LogP contribution in [-0.2, 0) is 6.54 Å². The third-order valence-corrected chi connectivity index (χ3v) is 5.28. The first-order valence-electron chi connectivity index (χ1n) is 8.87. The molecule has 1 aromatic rings. The van der Waals surface area contributed by atoms with E-state index in [1.807, 2.05) is 0 Å². The lowest BCUT2D eigenvalue weighted by atomic mass is 9.92. The molecule has 122 valence electrons. The average molecular weight is 302 g/mol. The molecule has 0 amide bonds. The number of hydrogen-bond donors (Lipinski definition) is 2. The van der Waals surface area contributed by atoms with Crippen LogP contribution in [-0.4, -0.2) is 41.3 Å². The summed E-state index contributed by atoms with van der Waals surface area (Å²) in [5.41, 5.74) is 2.16. The fourth-order valence-electron chi connectivity index (χ4n) is 4.05. The van der Waals surface area contributed by atoms with Gasteiger partial charge in [0.2, 0.25) is 0 Å². The summed E-state index contributed by atoms with van der Waals surface area (Å²) in [7, 11) is 0. The molecule has 2 aliphatic rings. The highest BCUT2D eigenvalue weighted by molar-refractivity contribution is 5.22. The molecule has 3 heteroatoms. The lowest BCUT2D eigenvalue weighted by Gasteiger charge is -2.38. The molecule has 3 nitrogen and oxygen atoms in total. The quantitative estimate of drug-likeness (QED) is 0.878. The summed E-state index contributed by atoms with van der Waals surface area (Å²) in [4.78, 5) is 2.56. The highest BCUT2D eigenvalue weighted by Gasteiger charge is 2.35. The van der Waals surface area contributed by atoms with Crippen molar-refractivity contribution in [2.24, 2.45) is 0 Å². The van der Waals surface area contributed by atoms with Crippen LogP contribution in [0.2, 0.25) is 0 Å². The van der Waals surface area contributed by atoms with Gasteiger partial charge in [0.25, 0.3) is 0 Å². The largest absolute Gasteiger partial charge is 0.387 e. The predicted octanol–water partition coefficient (Wildman–Crippen LogP) is 2.85. The van der Waals surface area contributed by atoms with Crippen molar-refractivity contribution < 1.29 is 5.11 Å². The van der Waals surface area contributed by atoms with Crippen molar-refractivity contribution in [2.75, 3.05) is 19.6 Å². The first kappa shape index (κ1) is 16.0. The normalized spacial score (nSPS) is 26.7. The molecular formula is C19H30N2O. The second-order valence-electron chi connectivity index (χ2n) is 7.34. The Kier molecular flexibility index (Phi) is 5.17. The van der Waals surface area contributed by atoms with E-state index in [1.165, 1.54) is 43.2 Å². The summed E-state index contributed by atoms with van der Waals surface area (Å²) in [6.45, 7) is 5.61. The van der Waals surface area contributed by atoms with Gasteiger partial charge < -0.3 is 10.4 Å². The van der Waals surface area contributed by atoms with Crippen molar-refractivity contribution in [3.63, 3.8) is 0 Å². The van der Waals surface area contributed by atoms with Gasteiger partial charge in [-0.05, 0) is 38.3 Å². The van der Waals surface area contributed by atoms with Crippen LogP contribution in [0.25, 0.3) is 0 Å². The molecule has 1 aliphatic carbocycles. The van der Waals surface area contributed by atoms with Crippen molar-refractivity contribution in [3.8, 4) is 0 Å². The van der Waals surface area contributed by atoms with E-state index in [0.717, 1.165) is 32.6 Å². The Morgan fingerprint density at radius 3 is 2.77 bits per heavy atom. The van der Waals surface area contributed by atoms with Gasteiger partial charge in [0.05, 0.1) is 5.60 Å². The number of aliphatic hydroxyl groups is 1. The number of hydrogen-bond acceptors (Lipinski definition) is 3. The van der Waals surface area contributed by atoms with E-state index in [0.29, 0.717) is 6.04 Å². The van der Waals surface area contributed by atoms with Gasteiger partial charge in [0, 0.05) is 25.7 Å². The van der Waals surface area contributed by atoms with Crippen LogP contribution in [0.1, 0.15) is 49.7 Å². The molecule has 3 rings (SSSR count). The fourth-order valence-corrected chi connectivity index (χ4v) is 4.05. The molecule has 0 radical (unpaired) electrons. The van der Waals surface area contributed by atoms with Crippen molar-refractivity contribution in [3.05, 3.63) is 35.4 Å². The van der Waals surface area contributed by atoms with Crippen molar-refractivity contribution in [1.29, 1.82) is 0 Å². The lowest BCUT2D eigenvalue weighted by molar-refractivity contribution is -0.00244. The monoisotopic (exact) mass is 302 g/mol. The van der Waals surface area contributed by atoms with Gasteiger partial charge in [-0.15, -0.1) is 0 Å². The molecule has 1 saturated heterocycles. The second kappa shape index (κ2) is 7.12. The van der Waals surface area contributed by atoms with Crippen LogP contribution < -0.4 is 5.32 Å². The molecule has 1 saturated carbocycles. The molecule has 1 aromatic carbocycles. The fraction of sp³-hybridized carbons (Fsp3) is 0.684. The third kappa shape index (κ3) is 4.09. The van der Waals surface area contributed by atoms with Crippen LogP contribution in [0.15, 0.2) is 24.3 Å². The summed E-state index contributed by atoms with van der Waals surface area (Å²) < 4.78 is 0. The van der Waals surface area contributed by atoms with Gasteiger partial charge in [-0.2, -0.15) is 0 Å². The Bertz CT molecular complexity index is 476. The van der Waals surface area contributed by atoms with E-state index >= 15 is 0 Å². The molecule has 2 N–H and O–H groups in total. The number of benzene rings is 1. The molecule has 1 atom stereocenters. The molecule has 0 bridgehead atoms. The van der Waals surface area contributed by atoms with E-state index in [1.54, 1.807) is 0 Å². The minimum Gasteiger partial charge on any atom is -0.387 e. The Morgan fingerprint density at radius 1 is 1.27 bits per heavy atom. The van der Waals surface area contributed by atoms with E-state index < -0.39 is 5.60 Å². The third-order valence-electron chi connectivity index (χ3n) is 5.28. The zero-order chi connectivity index (χ0) is 15.4. The van der Waals surface area contributed by atoms with Gasteiger partial charge in [-0.25, -0.2) is 0 Å². The Balaban J connectivity index is 1.72. The van der Waals surface area contributed by atoms with Crippen molar-refractivity contribution in [1.82, 2.24) is 10.2 Å². The molecular weight excluding hydrogens is 272 g/mol. The summed E-state index contributed by atoms with van der Waals surface area (Å²) in [5.74, 6) is 0. The second-order valence-corrected chi connectivity index (χ2v) is 7.34. The molecule has 22 heavy (non-hydrogen) atoms. The molecule has 0 unspecified atom stereocenters. The zero-order valence-corrected chi connectivity index (χ0v) is 13.9. The Hall–Kier alpha value is -0.900. The van der Waals surface area contributed by atoms with E-state index in [9.17, 15) is 5.11 Å². The zero-order valence-electron chi connectivity index (χ0n) is 13.9. The number of rotatable bonds is 5. The summed E-state index contributed by atoms with van der Waals surface area (Å²) in [6.07, 6.45) is 7.51. The maximum absolute atomic E-state index is 10.8. The van der Waals surface area contributed by atoms with Gasteiger partial charge in [0.15, 0.2) is 0 Å². The maximum atomic E-state index is 10.8. The van der Waals surface area contributed by atoms with Crippen LogP contribution in [0, 0.1) is 6.92 Å². The minimum absolute atomic E-state index is 0.540. The predicted molar refractivity (Wildman–Crippen MR) is 90.9 cm³/mol. The van der Waals surface area contributed by atoms with E-state index in [2.05, 4.69) is 41.4 Å². The Morgan fingerprint density at radius 2 is 2.09 bits per heavy atom. The summed E-state index contributed by atoms with van der Waals surface area (Å²) >= 11 is 0. The SMILES string of the molecule is Cc1cccc(CN(C[C@@]2(O)CCNC2)C2CCCCC2)c1. The number of nitrogens with one attached hydrogen (secondary N) is 1. The van der Waals surface area contributed by atoms with Gasteiger partial charge in [-0.3, -0.25) is 4.90 Å². The van der Waals surface area contributed by atoms with Crippen LogP contribution in [0.4, 0.5) is 0 Å². The van der Waals surface area contributed by atoms with Crippen LogP contribution >= 0.6 is 0 Å². The van der Waals surface area contributed by atoms with Gasteiger partial charge in [0.1, 0.15) is 0 Å². The molecule has 1 aliphatic heterocycles. The van der Waals surface area contributed by atoms with Crippen LogP contribution in [0.5, 0.6) is 0 Å².